The summed E-state index contributed by atoms with van der Waals surface area (Å²) in [5.41, 5.74) is 4.57. The van der Waals surface area contributed by atoms with Gasteiger partial charge in [-0.05, 0) is 49.6 Å². The molecule has 5 nitrogen and oxygen atoms in total. The third kappa shape index (κ3) is 5.08. The van der Waals surface area contributed by atoms with Crippen molar-refractivity contribution in [2.45, 2.75) is 27.3 Å². The first-order chi connectivity index (χ1) is 11.9. The number of carbonyl (C=O) groups is 2. The molecule has 0 radical (unpaired) electrons. The van der Waals surface area contributed by atoms with Crippen molar-refractivity contribution in [1.29, 1.82) is 0 Å². The number of hydrogen-bond acceptors (Lipinski definition) is 4. The summed E-state index contributed by atoms with van der Waals surface area (Å²) in [5, 5.41) is 2.80. The van der Waals surface area contributed by atoms with Gasteiger partial charge in [0.2, 0.25) is 0 Å². The molecule has 5 heteroatoms. The number of carbonyl (C=O) groups excluding carboxylic acids is 2. The number of benzene rings is 2. The number of aryl methyl sites for hydroxylation is 3. The Balaban J connectivity index is 1.86. The highest BCUT2D eigenvalue weighted by Crippen LogP contribution is 2.24. The molecular formula is C20H23NO4. The summed E-state index contributed by atoms with van der Waals surface area (Å²) >= 11 is 0. The van der Waals surface area contributed by atoms with Gasteiger partial charge in [0.1, 0.15) is 5.75 Å². The van der Waals surface area contributed by atoms with Crippen molar-refractivity contribution in [2.75, 3.05) is 13.7 Å². The maximum Gasteiger partial charge on any atom is 0.337 e. The van der Waals surface area contributed by atoms with Crippen LogP contribution in [0.15, 0.2) is 36.4 Å². The highest BCUT2D eigenvalue weighted by atomic mass is 16.5. The molecule has 2 aromatic rings. The Morgan fingerprint density at radius 3 is 2.16 bits per heavy atom. The summed E-state index contributed by atoms with van der Waals surface area (Å²) in [6.07, 6.45) is 0. The SMILES string of the molecule is COC(=O)c1ccc(CNC(=O)COc2c(C)cc(C)cc2C)cc1. The van der Waals surface area contributed by atoms with Gasteiger partial charge in [0.15, 0.2) is 6.61 Å². The number of esters is 1. The zero-order valence-corrected chi connectivity index (χ0v) is 15.0. The van der Waals surface area contributed by atoms with Crippen LogP contribution in [0, 0.1) is 20.8 Å². The van der Waals surface area contributed by atoms with Crippen LogP contribution in [0.25, 0.3) is 0 Å². The molecule has 0 heterocycles. The molecule has 0 saturated heterocycles. The monoisotopic (exact) mass is 341 g/mol. The summed E-state index contributed by atoms with van der Waals surface area (Å²) in [6, 6.07) is 11.0. The van der Waals surface area contributed by atoms with Gasteiger partial charge in [-0.15, -0.1) is 0 Å². The molecule has 0 aliphatic heterocycles. The number of methoxy groups -OCH3 is 1. The lowest BCUT2D eigenvalue weighted by Gasteiger charge is -2.13. The Hall–Kier alpha value is -2.82. The second-order valence-corrected chi connectivity index (χ2v) is 5.98. The number of ether oxygens (including phenoxy) is 2. The Morgan fingerprint density at radius 1 is 1.00 bits per heavy atom. The third-order valence-corrected chi connectivity index (χ3v) is 3.82. The van der Waals surface area contributed by atoms with Crippen molar-refractivity contribution in [3.8, 4) is 5.75 Å². The maximum absolute atomic E-state index is 12.0. The van der Waals surface area contributed by atoms with Crippen molar-refractivity contribution in [2.24, 2.45) is 0 Å². The molecule has 0 aliphatic carbocycles. The Bertz CT molecular complexity index is 743. The molecular weight excluding hydrogens is 318 g/mol. The smallest absolute Gasteiger partial charge is 0.337 e. The second-order valence-electron chi connectivity index (χ2n) is 5.98. The molecule has 0 aromatic heterocycles. The van der Waals surface area contributed by atoms with Gasteiger partial charge in [0.05, 0.1) is 12.7 Å². The first-order valence-corrected chi connectivity index (χ1v) is 8.05. The predicted octanol–water partition coefficient (Wildman–Crippen LogP) is 3.09. The van der Waals surface area contributed by atoms with Crippen LogP contribution < -0.4 is 10.1 Å². The average molecular weight is 341 g/mol. The first kappa shape index (κ1) is 18.5. The van der Waals surface area contributed by atoms with E-state index in [1.54, 1.807) is 24.3 Å². The lowest BCUT2D eigenvalue weighted by atomic mass is 10.1. The number of rotatable bonds is 6. The van der Waals surface area contributed by atoms with E-state index in [2.05, 4.69) is 10.1 Å². The normalized spacial score (nSPS) is 10.2. The molecule has 0 atom stereocenters. The van der Waals surface area contributed by atoms with Gasteiger partial charge in [-0.3, -0.25) is 4.79 Å². The fourth-order valence-electron chi connectivity index (χ4n) is 2.66. The minimum absolute atomic E-state index is 0.0367. The Morgan fingerprint density at radius 2 is 1.60 bits per heavy atom. The van der Waals surface area contributed by atoms with Crippen LogP contribution in [0.2, 0.25) is 0 Å². The molecule has 132 valence electrons. The molecule has 0 spiro atoms. The van der Waals surface area contributed by atoms with Crippen LogP contribution in [0.5, 0.6) is 5.75 Å². The fourth-order valence-corrected chi connectivity index (χ4v) is 2.66. The summed E-state index contributed by atoms with van der Waals surface area (Å²) in [5.74, 6) is 0.174. The van der Waals surface area contributed by atoms with E-state index in [-0.39, 0.29) is 18.5 Å². The van der Waals surface area contributed by atoms with Gasteiger partial charge in [-0.2, -0.15) is 0 Å². The molecule has 0 bridgehead atoms. The minimum atomic E-state index is -0.382. The van der Waals surface area contributed by atoms with Gasteiger partial charge in [-0.25, -0.2) is 4.79 Å². The van der Waals surface area contributed by atoms with Crippen LogP contribution in [-0.4, -0.2) is 25.6 Å². The van der Waals surface area contributed by atoms with Gasteiger partial charge < -0.3 is 14.8 Å². The quantitative estimate of drug-likeness (QED) is 0.820. The zero-order valence-electron chi connectivity index (χ0n) is 15.0. The molecule has 0 aliphatic rings. The van der Waals surface area contributed by atoms with Gasteiger partial charge in [0.25, 0.3) is 5.91 Å². The summed E-state index contributed by atoms with van der Waals surface area (Å²) in [6.45, 7) is 6.30. The molecule has 0 fully saturated rings. The highest BCUT2D eigenvalue weighted by Gasteiger charge is 2.09. The van der Waals surface area contributed by atoms with Crippen molar-refractivity contribution in [1.82, 2.24) is 5.32 Å². The summed E-state index contributed by atoms with van der Waals surface area (Å²) < 4.78 is 10.3. The third-order valence-electron chi connectivity index (χ3n) is 3.82. The molecule has 1 N–H and O–H groups in total. The van der Waals surface area contributed by atoms with Gasteiger partial charge in [-0.1, -0.05) is 29.8 Å². The van der Waals surface area contributed by atoms with Crippen molar-refractivity contribution in [3.05, 3.63) is 64.2 Å². The lowest BCUT2D eigenvalue weighted by Crippen LogP contribution is -2.28. The molecule has 1 amide bonds. The van der Waals surface area contributed by atoms with E-state index in [0.29, 0.717) is 12.1 Å². The van der Waals surface area contributed by atoms with E-state index in [1.165, 1.54) is 12.7 Å². The van der Waals surface area contributed by atoms with E-state index < -0.39 is 0 Å². The number of hydrogen-bond donors (Lipinski definition) is 1. The van der Waals surface area contributed by atoms with Crippen molar-refractivity contribution >= 4 is 11.9 Å². The Labute approximate surface area is 148 Å². The van der Waals surface area contributed by atoms with Crippen LogP contribution in [0.1, 0.15) is 32.6 Å². The minimum Gasteiger partial charge on any atom is -0.483 e. The largest absolute Gasteiger partial charge is 0.483 e. The zero-order chi connectivity index (χ0) is 18.4. The van der Waals surface area contributed by atoms with Crippen LogP contribution in [-0.2, 0) is 16.1 Å². The maximum atomic E-state index is 12.0. The van der Waals surface area contributed by atoms with E-state index in [9.17, 15) is 9.59 Å². The molecule has 0 unspecified atom stereocenters. The van der Waals surface area contributed by atoms with E-state index in [0.717, 1.165) is 22.4 Å². The standard InChI is InChI=1S/C20H23NO4/c1-13-9-14(2)19(15(3)10-13)25-12-18(22)21-11-16-5-7-17(8-6-16)20(23)24-4/h5-10H,11-12H2,1-4H3,(H,21,22). The van der Waals surface area contributed by atoms with E-state index in [4.69, 9.17) is 4.74 Å². The number of nitrogens with one attached hydrogen (secondary N) is 1. The molecule has 2 rings (SSSR count). The molecule has 25 heavy (non-hydrogen) atoms. The van der Waals surface area contributed by atoms with Crippen LogP contribution in [0.3, 0.4) is 0 Å². The second kappa shape index (κ2) is 8.33. The number of amides is 1. The summed E-state index contributed by atoms with van der Waals surface area (Å²) in [4.78, 5) is 23.4. The van der Waals surface area contributed by atoms with E-state index >= 15 is 0 Å². The average Bonchev–Trinajstić information content (AvgIpc) is 2.58. The van der Waals surface area contributed by atoms with E-state index in [1.807, 2.05) is 32.9 Å². The highest BCUT2D eigenvalue weighted by molar-refractivity contribution is 5.89. The lowest BCUT2D eigenvalue weighted by molar-refractivity contribution is -0.123. The van der Waals surface area contributed by atoms with Gasteiger partial charge >= 0.3 is 5.97 Å². The van der Waals surface area contributed by atoms with Crippen molar-refractivity contribution < 1.29 is 19.1 Å². The van der Waals surface area contributed by atoms with Crippen LogP contribution >= 0.6 is 0 Å². The Kier molecular flexibility index (Phi) is 6.17. The molecule has 0 saturated carbocycles. The fraction of sp³-hybridized carbons (Fsp3) is 0.300. The first-order valence-electron chi connectivity index (χ1n) is 8.05. The molecule has 2 aromatic carbocycles. The van der Waals surface area contributed by atoms with Crippen molar-refractivity contribution in [3.63, 3.8) is 0 Å². The topological polar surface area (TPSA) is 64.6 Å². The predicted molar refractivity (Wildman–Crippen MR) is 95.8 cm³/mol. The van der Waals surface area contributed by atoms with Gasteiger partial charge in [0, 0.05) is 6.54 Å². The summed E-state index contributed by atoms with van der Waals surface area (Å²) in [7, 11) is 1.34. The van der Waals surface area contributed by atoms with Crippen LogP contribution in [0.4, 0.5) is 0 Å².